The van der Waals surface area contributed by atoms with Crippen LogP contribution in [0.1, 0.15) is 96.8 Å². The van der Waals surface area contributed by atoms with Crippen molar-refractivity contribution in [2.75, 3.05) is 0 Å². The first-order valence-electron chi connectivity index (χ1n) is 8.36. The summed E-state index contributed by atoms with van der Waals surface area (Å²) < 4.78 is 0. The average molecular weight is 251 g/mol. The van der Waals surface area contributed by atoms with Gasteiger partial charge in [-0.25, -0.2) is 0 Å². The minimum Gasteiger partial charge on any atom is -0.0885 e. The Labute approximate surface area is 116 Å². The molecule has 0 heterocycles. The molecule has 0 aliphatic carbocycles. The van der Waals surface area contributed by atoms with Crippen molar-refractivity contribution in [1.82, 2.24) is 0 Å². The van der Waals surface area contributed by atoms with Gasteiger partial charge in [0.05, 0.1) is 0 Å². The summed E-state index contributed by atoms with van der Waals surface area (Å²) >= 11 is 0. The summed E-state index contributed by atoms with van der Waals surface area (Å²) in [6.45, 7) is 6.15. The van der Waals surface area contributed by atoms with Crippen LogP contribution in [0.25, 0.3) is 0 Å². The van der Waals surface area contributed by atoms with Crippen LogP contribution >= 0.6 is 0 Å². The van der Waals surface area contributed by atoms with E-state index in [0.29, 0.717) is 0 Å². The molecule has 0 bridgehead atoms. The number of allylic oxidation sites excluding steroid dienone is 2. The number of hydrogen-bond donors (Lipinski definition) is 0. The highest BCUT2D eigenvalue weighted by molar-refractivity contribution is 4.81. The number of rotatable bonds is 14. The van der Waals surface area contributed by atoms with Crippen molar-refractivity contribution < 1.29 is 0 Å². The van der Waals surface area contributed by atoms with E-state index in [1.807, 2.05) is 0 Å². The van der Waals surface area contributed by atoms with Gasteiger partial charge in [-0.15, -0.1) is 0 Å². The molecule has 0 aromatic rings. The van der Waals surface area contributed by atoms with Crippen LogP contribution in [-0.2, 0) is 0 Å². The van der Waals surface area contributed by atoms with Gasteiger partial charge in [0.15, 0.2) is 0 Å². The second kappa shape index (κ2) is 16.7. The Kier molecular flexibility index (Phi) is 16.5. The van der Waals surface area contributed by atoms with E-state index in [0.717, 1.165) is 6.42 Å². The second-order valence-corrected chi connectivity index (χ2v) is 5.44. The van der Waals surface area contributed by atoms with Gasteiger partial charge in [-0.2, -0.15) is 0 Å². The van der Waals surface area contributed by atoms with Gasteiger partial charge in [0.2, 0.25) is 0 Å². The van der Waals surface area contributed by atoms with Crippen LogP contribution in [0.5, 0.6) is 0 Å². The molecule has 107 valence electrons. The van der Waals surface area contributed by atoms with Crippen molar-refractivity contribution in [2.24, 2.45) is 0 Å². The topological polar surface area (TPSA) is 0 Å². The molecule has 0 aliphatic heterocycles. The zero-order valence-electron chi connectivity index (χ0n) is 12.8. The molecule has 0 aromatic heterocycles. The third-order valence-electron chi connectivity index (χ3n) is 3.51. The average Bonchev–Trinajstić information content (AvgIpc) is 2.39. The first kappa shape index (κ1) is 17.7. The molecular weight excluding hydrogens is 216 g/mol. The van der Waals surface area contributed by atoms with Crippen LogP contribution in [0.4, 0.5) is 0 Å². The summed E-state index contributed by atoms with van der Waals surface area (Å²) in [6, 6.07) is 0. The molecule has 0 heteroatoms. The molecule has 0 saturated carbocycles. The van der Waals surface area contributed by atoms with E-state index >= 15 is 0 Å². The molecule has 0 fully saturated rings. The van der Waals surface area contributed by atoms with E-state index in [9.17, 15) is 0 Å². The third kappa shape index (κ3) is 15.7. The van der Waals surface area contributed by atoms with Crippen molar-refractivity contribution in [3.8, 4) is 0 Å². The Morgan fingerprint density at radius 2 is 1.06 bits per heavy atom. The van der Waals surface area contributed by atoms with E-state index in [4.69, 9.17) is 0 Å². The fourth-order valence-corrected chi connectivity index (χ4v) is 2.25. The fraction of sp³-hybridized carbons (Fsp3) is 0.833. The molecular formula is C18H35. The monoisotopic (exact) mass is 251 g/mol. The van der Waals surface area contributed by atoms with E-state index in [1.54, 1.807) is 0 Å². The van der Waals surface area contributed by atoms with Crippen LogP contribution in [0, 0.1) is 6.92 Å². The minimum atomic E-state index is 1.11. The maximum atomic E-state index is 3.88. The molecule has 0 aliphatic rings. The summed E-state index contributed by atoms with van der Waals surface area (Å²) in [5.74, 6) is 0. The Bertz CT molecular complexity index is 157. The molecule has 0 unspecified atom stereocenters. The number of unbranched alkanes of at least 4 members (excludes halogenated alkanes) is 12. The van der Waals surface area contributed by atoms with Gasteiger partial charge in [-0.3, -0.25) is 0 Å². The first-order valence-corrected chi connectivity index (χ1v) is 8.36. The van der Waals surface area contributed by atoms with Gasteiger partial charge in [0.25, 0.3) is 0 Å². The van der Waals surface area contributed by atoms with Gasteiger partial charge in [-0.05, 0) is 25.7 Å². The lowest BCUT2D eigenvalue weighted by Crippen LogP contribution is -1.80. The molecule has 0 spiro atoms. The van der Waals surface area contributed by atoms with E-state index < -0.39 is 0 Å². The van der Waals surface area contributed by atoms with Crippen LogP contribution in [0.3, 0.4) is 0 Å². The Hall–Kier alpha value is -0.260. The summed E-state index contributed by atoms with van der Waals surface area (Å²) in [5, 5.41) is 0. The number of hydrogen-bond acceptors (Lipinski definition) is 0. The van der Waals surface area contributed by atoms with E-state index in [2.05, 4.69) is 26.0 Å². The highest BCUT2D eigenvalue weighted by Gasteiger charge is 1.90. The lowest BCUT2D eigenvalue weighted by Gasteiger charge is -1.99. The lowest BCUT2D eigenvalue weighted by molar-refractivity contribution is 0.583. The zero-order chi connectivity index (χ0) is 13.3. The fourth-order valence-electron chi connectivity index (χ4n) is 2.25. The highest BCUT2D eigenvalue weighted by Crippen LogP contribution is 2.10. The second-order valence-electron chi connectivity index (χ2n) is 5.44. The van der Waals surface area contributed by atoms with Crippen molar-refractivity contribution in [3.63, 3.8) is 0 Å². The van der Waals surface area contributed by atoms with Gasteiger partial charge in [0.1, 0.15) is 0 Å². The molecule has 0 nitrogen and oxygen atoms in total. The van der Waals surface area contributed by atoms with Crippen LogP contribution < -0.4 is 0 Å². The van der Waals surface area contributed by atoms with Gasteiger partial charge >= 0.3 is 0 Å². The quantitative estimate of drug-likeness (QED) is 0.234. The van der Waals surface area contributed by atoms with Crippen molar-refractivity contribution in [2.45, 2.75) is 96.8 Å². The van der Waals surface area contributed by atoms with Gasteiger partial charge < -0.3 is 0 Å². The molecule has 0 amide bonds. The van der Waals surface area contributed by atoms with Crippen molar-refractivity contribution >= 4 is 0 Å². The van der Waals surface area contributed by atoms with Crippen LogP contribution in [-0.4, -0.2) is 0 Å². The zero-order valence-corrected chi connectivity index (χ0v) is 12.8. The predicted molar refractivity (Wildman–Crippen MR) is 84.8 cm³/mol. The molecule has 0 aromatic carbocycles. The van der Waals surface area contributed by atoms with Crippen LogP contribution in [0.15, 0.2) is 12.2 Å². The molecule has 0 rings (SSSR count). The maximum Gasteiger partial charge on any atom is -0.0351 e. The normalized spacial score (nSPS) is 11.4. The molecule has 0 N–H and O–H groups in total. The summed E-state index contributed by atoms with van der Waals surface area (Å²) in [5.41, 5.74) is 0. The largest absolute Gasteiger partial charge is 0.0885 e. The first-order chi connectivity index (χ1) is 8.91. The van der Waals surface area contributed by atoms with Crippen LogP contribution in [0.2, 0.25) is 0 Å². The van der Waals surface area contributed by atoms with Gasteiger partial charge in [0, 0.05) is 0 Å². The van der Waals surface area contributed by atoms with Crippen molar-refractivity contribution in [3.05, 3.63) is 19.1 Å². The summed E-state index contributed by atoms with van der Waals surface area (Å²) in [7, 11) is 0. The Morgan fingerprint density at radius 3 is 1.56 bits per heavy atom. The van der Waals surface area contributed by atoms with E-state index in [1.165, 1.54) is 83.5 Å². The summed E-state index contributed by atoms with van der Waals surface area (Å²) in [4.78, 5) is 0. The van der Waals surface area contributed by atoms with E-state index in [-0.39, 0.29) is 0 Å². The Morgan fingerprint density at radius 1 is 0.611 bits per heavy atom. The SMILES string of the molecule is [CH2]CCCCCCCCC/C=C\CCCCCC. The molecule has 1 radical (unpaired) electrons. The van der Waals surface area contributed by atoms with Gasteiger partial charge in [-0.1, -0.05) is 90.2 Å². The molecule has 0 atom stereocenters. The third-order valence-corrected chi connectivity index (χ3v) is 3.51. The lowest BCUT2D eigenvalue weighted by atomic mass is 10.1. The maximum absolute atomic E-state index is 3.88. The highest BCUT2D eigenvalue weighted by atomic mass is 14.0. The Balaban J connectivity index is 2.99. The molecule has 18 heavy (non-hydrogen) atoms. The predicted octanol–water partition coefficient (Wildman–Crippen LogP) is 6.86. The minimum absolute atomic E-state index is 1.11. The molecule has 0 saturated heterocycles. The standard InChI is InChI=1S/C18H35/c1-3-5-7-9-11-13-15-17-18-16-14-12-10-8-6-4-2/h14,16H,1,3-13,15,17-18H2,2H3/b16-14-. The summed E-state index contributed by atoms with van der Waals surface area (Å²) in [6.07, 6.45) is 23.9. The smallest absolute Gasteiger partial charge is 0.0351 e. The van der Waals surface area contributed by atoms with Crippen molar-refractivity contribution in [1.29, 1.82) is 0 Å².